The zero-order chi connectivity index (χ0) is 17.9. The topological polar surface area (TPSA) is 72.1 Å². The summed E-state index contributed by atoms with van der Waals surface area (Å²) in [6.45, 7) is 2.98. The van der Waals surface area contributed by atoms with E-state index in [1.165, 1.54) is 0 Å². The fourth-order valence-electron chi connectivity index (χ4n) is 3.21. The van der Waals surface area contributed by atoms with Gasteiger partial charge in [0.25, 0.3) is 5.91 Å². The molecule has 0 bridgehead atoms. The average molecular weight is 348 g/mol. The Morgan fingerprint density at radius 3 is 2.92 bits per heavy atom. The van der Waals surface area contributed by atoms with Gasteiger partial charge in [-0.3, -0.25) is 14.8 Å². The van der Waals surface area contributed by atoms with Crippen LogP contribution in [0.25, 0.3) is 0 Å². The highest BCUT2D eigenvalue weighted by molar-refractivity contribution is 5.95. The summed E-state index contributed by atoms with van der Waals surface area (Å²) in [4.78, 5) is 27.5. The van der Waals surface area contributed by atoms with E-state index in [1.807, 2.05) is 36.2 Å². The Kier molecular flexibility index (Phi) is 4.48. The van der Waals surface area contributed by atoms with E-state index in [4.69, 9.17) is 4.42 Å². The van der Waals surface area contributed by atoms with Gasteiger partial charge < -0.3 is 9.32 Å². The molecule has 4 rings (SSSR count). The van der Waals surface area contributed by atoms with Crippen molar-refractivity contribution >= 4 is 5.91 Å². The number of aromatic nitrogens is 3. The third-order valence-electron chi connectivity index (χ3n) is 4.65. The third kappa shape index (κ3) is 3.35. The van der Waals surface area contributed by atoms with Crippen molar-refractivity contribution < 1.29 is 9.21 Å². The molecule has 6 heteroatoms. The highest BCUT2D eigenvalue weighted by Crippen LogP contribution is 2.22. The summed E-state index contributed by atoms with van der Waals surface area (Å²) in [6.07, 6.45) is 7.59. The molecule has 0 saturated carbocycles. The highest BCUT2D eigenvalue weighted by Gasteiger charge is 2.26. The number of rotatable bonds is 4. The maximum Gasteiger partial charge on any atom is 0.256 e. The van der Waals surface area contributed by atoms with Gasteiger partial charge in [-0.1, -0.05) is 6.07 Å². The predicted molar refractivity (Wildman–Crippen MR) is 95.6 cm³/mol. The van der Waals surface area contributed by atoms with Crippen molar-refractivity contribution in [3.63, 3.8) is 0 Å². The molecule has 6 nitrogen and oxygen atoms in total. The van der Waals surface area contributed by atoms with Gasteiger partial charge in [0.15, 0.2) is 5.89 Å². The lowest BCUT2D eigenvalue weighted by molar-refractivity contribution is 0.0726. The number of carbonyl (C=O) groups is 1. The van der Waals surface area contributed by atoms with Gasteiger partial charge in [0, 0.05) is 43.7 Å². The molecule has 1 aliphatic rings. The number of carbonyl (C=O) groups excluding carboxylic acids is 1. The van der Waals surface area contributed by atoms with Crippen LogP contribution >= 0.6 is 0 Å². The van der Waals surface area contributed by atoms with Crippen LogP contribution in [0.5, 0.6) is 0 Å². The summed E-state index contributed by atoms with van der Waals surface area (Å²) in [7, 11) is 0. The number of oxazole rings is 1. The van der Waals surface area contributed by atoms with Crippen molar-refractivity contribution in [1.29, 1.82) is 0 Å². The minimum Gasteiger partial charge on any atom is -0.445 e. The van der Waals surface area contributed by atoms with Crippen molar-refractivity contribution in [3.8, 4) is 0 Å². The number of aryl methyl sites for hydroxylation is 3. The average Bonchev–Trinajstić information content (AvgIpc) is 3.09. The SMILES string of the molecule is Cc1ncccc1C(=O)N1CCc2oc(CCc3cccnc3)nc2C1. The minimum absolute atomic E-state index is 0.00107. The molecule has 0 N–H and O–H groups in total. The molecule has 0 aromatic carbocycles. The second-order valence-corrected chi connectivity index (χ2v) is 6.45. The van der Waals surface area contributed by atoms with Crippen molar-refractivity contribution in [2.75, 3.05) is 6.54 Å². The fourth-order valence-corrected chi connectivity index (χ4v) is 3.21. The van der Waals surface area contributed by atoms with Gasteiger partial charge in [-0.2, -0.15) is 0 Å². The van der Waals surface area contributed by atoms with Gasteiger partial charge in [-0.15, -0.1) is 0 Å². The number of nitrogens with zero attached hydrogens (tertiary/aromatic N) is 4. The second kappa shape index (κ2) is 7.07. The molecule has 0 unspecified atom stereocenters. The van der Waals surface area contributed by atoms with Crippen molar-refractivity contribution in [1.82, 2.24) is 19.9 Å². The highest BCUT2D eigenvalue weighted by atomic mass is 16.4. The van der Waals surface area contributed by atoms with Gasteiger partial charge in [-0.25, -0.2) is 4.98 Å². The second-order valence-electron chi connectivity index (χ2n) is 6.45. The van der Waals surface area contributed by atoms with E-state index in [1.54, 1.807) is 18.5 Å². The van der Waals surface area contributed by atoms with E-state index in [2.05, 4.69) is 15.0 Å². The molecule has 26 heavy (non-hydrogen) atoms. The summed E-state index contributed by atoms with van der Waals surface area (Å²) in [5.41, 5.74) is 3.43. The Bertz CT molecular complexity index is 921. The van der Waals surface area contributed by atoms with Gasteiger partial charge >= 0.3 is 0 Å². The Hall–Kier alpha value is -3.02. The molecule has 0 saturated heterocycles. The van der Waals surface area contributed by atoms with E-state index < -0.39 is 0 Å². The van der Waals surface area contributed by atoms with Gasteiger partial charge in [-0.05, 0) is 37.1 Å². The molecule has 3 aromatic heterocycles. The number of hydrogen-bond donors (Lipinski definition) is 0. The first kappa shape index (κ1) is 16.4. The zero-order valence-electron chi connectivity index (χ0n) is 14.7. The first-order valence-electron chi connectivity index (χ1n) is 8.78. The summed E-state index contributed by atoms with van der Waals surface area (Å²) >= 11 is 0. The first-order chi connectivity index (χ1) is 12.7. The molecule has 4 heterocycles. The Balaban J connectivity index is 1.45. The van der Waals surface area contributed by atoms with Crippen molar-refractivity contribution in [2.45, 2.75) is 32.7 Å². The van der Waals surface area contributed by atoms with Crippen molar-refractivity contribution in [3.05, 3.63) is 77.0 Å². The quantitative estimate of drug-likeness (QED) is 0.725. The van der Waals surface area contributed by atoms with Gasteiger partial charge in [0.05, 0.1) is 12.1 Å². The lowest BCUT2D eigenvalue weighted by Gasteiger charge is -2.25. The summed E-state index contributed by atoms with van der Waals surface area (Å²) < 4.78 is 5.90. The molecular formula is C20H20N4O2. The summed E-state index contributed by atoms with van der Waals surface area (Å²) in [5, 5.41) is 0. The van der Waals surface area contributed by atoms with E-state index in [-0.39, 0.29) is 5.91 Å². The van der Waals surface area contributed by atoms with Crippen LogP contribution in [0.2, 0.25) is 0 Å². The Morgan fingerprint density at radius 2 is 2.12 bits per heavy atom. The molecular weight excluding hydrogens is 328 g/mol. The molecule has 1 amide bonds. The van der Waals surface area contributed by atoms with Gasteiger partial charge in [0.2, 0.25) is 0 Å². The van der Waals surface area contributed by atoms with Crippen molar-refractivity contribution in [2.24, 2.45) is 0 Å². The zero-order valence-corrected chi connectivity index (χ0v) is 14.7. The van der Waals surface area contributed by atoms with Crippen LogP contribution in [0.15, 0.2) is 47.3 Å². The number of amides is 1. The molecule has 0 radical (unpaired) electrons. The van der Waals surface area contributed by atoms with Crippen LogP contribution in [-0.4, -0.2) is 32.3 Å². The third-order valence-corrected chi connectivity index (χ3v) is 4.65. The lowest BCUT2D eigenvalue weighted by Crippen LogP contribution is -2.36. The van der Waals surface area contributed by atoms with Crippen LogP contribution in [0.3, 0.4) is 0 Å². The molecule has 3 aromatic rings. The van der Waals surface area contributed by atoms with E-state index in [0.717, 1.165) is 41.4 Å². The Labute approximate surface area is 151 Å². The van der Waals surface area contributed by atoms with E-state index >= 15 is 0 Å². The van der Waals surface area contributed by atoms with Crippen LogP contribution < -0.4 is 0 Å². The lowest BCUT2D eigenvalue weighted by atomic mass is 10.1. The van der Waals surface area contributed by atoms with Gasteiger partial charge in [0.1, 0.15) is 11.5 Å². The molecule has 0 atom stereocenters. The van der Waals surface area contributed by atoms with Crippen LogP contribution in [-0.2, 0) is 25.8 Å². The Morgan fingerprint density at radius 1 is 1.23 bits per heavy atom. The molecule has 0 fully saturated rings. The molecule has 132 valence electrons. The molecule has 0 aliphatic carbocycles. The normalized spacial score (nSPS) is 13.5. The maximum atomic E-state index is 12.8. The monoisotopic (exact) mass is 348 g/mol. The van der Waals surface area contributed by atoms with Crippen LogP contribution in [0.1, 0.15) is 39.0 Å². The minimum atomic E-state index is 0.00107. The molecule has 1 aliphatic heterocycles. The van der Waals surface area contributed by atoms with Crippen LogP contribution in [0, 0.1) is 6.92 Å². The predicted octanol–water partition coefficient (Wildman–Crippen LogP) is 2.76. The smallest absolute Gasteiger partial charge is 0.256 e. The summed E-state index contributed by atoms with van der Waals surface area (Å²) in [6, 6.07) is 7.59. The van der Waals surface area contributed by atoms with Crippen LogP contribution in [0.4, 0.5) is 0 Å². The maximum absolute atomic E-state index is 12.8. The van der Waals surface area contributed by atoms with E-state index in [9.17, 15) is 4.79 Å². The number of fused-ring (bicyclic) bond motifs is 1. The summed E-state index contributed by atoms with van der Waals surface area (Å²) in [5.74, 6) is 1.63. The van der Waals surface area contributed by atoms with E-state index in [0.29, 0.717) is 25.1 Å². The largest absolute Gasteiger partial charge is 0.445 e. The number of hydrogen-bond acceptors (Lipinski definition) is 5. The standard InChI is InChI=1S/C20H20N4O2/c1-14-16(5-3-10-22-14)20(25)24-11-8-18-17(13-24)23-19(26-18)7-6-15-4-2-9-21-12-15/h2-5,9-10,12H,6-8,11,13H2,1H3. The fraction of sp³-hybridized carbons (Fsp3) is 0.300. The first-order valence-corrected chi connectivity index (χ1v) is 8.78. The molecule has 0 spiro atoms. The number of pyridine rings is 2.